The van der Waals surface area contributed by atoms with Gasteiger partial charge in [0.05, 0.1) is 0 Å². The molecule has 2 atom stereocenters. The van der Waals surface area contributed by atoms with E-state index in [9.17, 15) is 0 Å². The average molecular weight is 329 g/mol. The molecule has 2 unspecified atom stereocenters. The Balaban J connectivity index is 0.00000191. The summed E-state index contributed by atoms with van der Waals surface area (Å²) in [6.07, 6.45) is 6.64. The van der Waals surface area contributed by atoms with Gasteiger partial charge in [-0.1, -0.05) is 44.1 Å². The number of nitrogens with two attached hydrogens (primary N) is 1. The van der Waals surface area contributed by atoms with Crippen molar-refractivity contribution in [3.63, 3.8) is 0 Å². The Hall–Kier alpha value is -0.480. The van der Waals surface area contributed by atoms with Gasteiger partial charge >= 0.3 is 0 Å². The predicted molar refractivity (Wildman–Crippen MR) is 103 cm³/mol. The zero-order valence-electron chi connectivity index (χ0n) is 14.0. The fraction of sp³-hybridized carbons (Fsp3) is 0.706. The molecule has 0 aromatic carbocycles. The maximum Gasteiger partial charge on any atom is 0.0298 e. The summed E-state index contributed by atoms with van der Waals surface area (Å²) in [5.41, 5.74) is 10.2. The van der Waals surface area contributed by atoms with Crippen LogP contribution >= 0.6 is 24.8 Å². The topological polar surface area (TPSA) is 38.0 Å². The Morgan fingerprint density at radius 3 is 2.48 bits per heavy atom. The molecule has 2 nitrogen and oxygen atoms in total. The maximum absolute atomic E-state index is 5.80. The fourth-order valence-corrected chi connectivity index (χ4v) is 3.88. The van der Waals surface area contributed by atoms with Crippen LogP contribution in [0.15, 0.2) is 23.0 Å². The van der Waals surface area contributed by atoms with Gasteiger partial charge in [-0.25, -0.2) is 0 Å². The summed E-state index contributed by atoms with van der Waals surface area (Å²) in [5.74, 6) is 5.57. The van der Waals surface area contributed by atoms with E-state index in [4.69, 9.17) is 5.73 Å². The normalized spacial score (nSPS) is 20.9. The van der Waals surface area contributed by atoms with E-state index in [1.54, 1.807) is 17.3 Å². The van der Waals surface area contributed by atoms with Crippen LogP contribution in [-0.2, 0) is 0 Å². The largest absolute Gasteiger partial charge is 0.403 e. The summed E-state index contributed by atoms with van der Waals surface area (Å²) in [6.45, 7) is 6.85. The number of hydrogen-bond acceptors (Lipinski definition) is 4. The summed E-state index contributed by atoms with van der Waals surface area (Å²) in [5, 5.41) is 3.29. The lowest BCUT2D eigenvalue weighted by atomic mass is 9.71. The molecule has 1 aliphatic carbocycles. The Labute approximate surface area is 142 Å². The molecule has 0 spiro atoms. The number of rotatable bonds is 6. The second-order valence-corrected chi connectivity index (χ2v) is 6.18. The van der Waals surface area contributed by atoms with Gasteiger partial charge in [0.2, 0.25) is 0 Å². The van der Waals surface area contributed by atoms with E-state index in [-0.39, 0.29) is 0 Å². The maximum atomic E-state index is 5.80. The summed E-state index contributed by atoms with van der Waals surface area (Å²) >= 11 is 8.36. The lowest BCUT2D eigenvalue weighted by Gasteiger charge is -2.36. The molecule has 0 heterocycles. The van der Waals surface area contributed by atoms with Gasteiger partial charge in [-0.3, -0.25) is 0 Å². The van der Waals surface area contributed by atoms with Crippen LogP contribution in [0.25, 0.3) is 0 Å². The van der Waals surface area contributed by atoms with Crippen molar-refractivity contribution in [2.75, 3.05) is 12.8 Å². The van der Waals surface area contributed by atoms with Crippen LogP contribution in [0.5, 0.6) is 0 Å². The van der Waals surface area contributed by atoms with Crippen molar-refractivity contribution in [3.8, 4) is 0 Å². The summed E-state index contributed by atoms with van der Waals surface area (Å²) in [4.78, 5) is 0. The number of nitrogens with one attached hydrogen (secondary N) is 1. The highest BCUT2D eigenvalue weighted by Gasteiger charge is 2.30. The number of thiocarbonyl (C=S) groups is 1. The molecular weight excluding hydrogens is 296 g/mol. The van der Waals surface area contributed by atoms with Crippen LogP contribution < -0.4 is 11.1 Å². The second-order valence-electron chi connectivity index (χ2n) is 5.86. The molecule has 0 bridgehead atoms. The Kier molecular flexibility index (Phi) is 10.9. The minimum atomic E-state index is 0.531. The molecule has 3 N–H and O–H groups in total. The van der Waals surface area contributed by atoms with Gasteiger partial charge < -0.3 is 11.1 Å². The molecule has 0 aromatic rings. The first kappa shape index (κ1) is 20.5. The third-order valence-corrected chi connectivity index (χ3v) is 4.88. The van der Waals surface area contributed by atoms with Gasteiger partial charge in [-0.15, -0.1) is 0 Å². The first-order valence-corrected chi connectivity index (χ1v) is 8.98. The molecule has 1 aliphatic rings. The van der Waals surface area contributed by atoms with E-state index in [1.807, 2.05) is 7.05 Å². The third kappa shape index (κ3) is 5.67. The molecule has 0 aliphatic heterocycles. The fourth-order valence-electron chi connectivity index (χ4n) is 3.53. The van der Waals surface area contributed by atoms with Crippen molar-refractivity contribution >= 4 is 30.7 Å². The van der Waals surface area contributed by atoms with Crippen LogP contribution in [0, 0.1) is 17.8 Å². The number of allylic oxidation sites excluding steroid dienone is 2. The second kappa shape index (κ2) is 11.1. The summed E-state index contributed by atoms with van der Waals surface area (Å²) < 4.78 is 0. The smallest absolute Gasteiger partial charge is 0.0298 e. The molecule has 0 saturated heterocycles. The first-order valence-electron chi connectivity index (χ1n) is 7.77. The highest BCUT2D eigenvalue weighted by Crippen LogP contribution is 2.40. The molecule has 21 heavy (non-hydrogen) atoms. The molecule has 0 saturated carbocycles. The summed E-state index contributed by atoms with van der Waals surface area (Å²) in [6, 6.07) is 0. The lowest BCUT2D eigenvalue weighted by Crippen LogP contribution is -2.31. The van der Waals surface area contributed by atoms with Gasteiger partial charge in [-0.05, 0) is 43.4 Å². The van der Waals surface area contributed by atoms with Gasteiger partial charge in [0.15, 0.2) is 0 Å². The van der Waals surface area contributed by atoms with Crippen LogP contribution in [-0.4, -0.2) is 18.7 Å². The van der Waals surface area contributed by atoms with Crippen molar-refractivity contribution in [2.45, 2.75) is 46.5 Å². The Morgan fingerprint density at radius 1 is 1.48 bits per heavy atom. The summed E-state index contributed by atoms with van der Waals surface area (Å²) in [7, 11) is 1.98. The Morgan fingerprint density at radius 2 is 2.10 bits per heavy atom. The van der Waals surface area contributed by atoms with Crippen LogP contribution in [0.2, 0.25) is 0 Å². The third-order valence-electron chi connectivity index (χ3n) is 4.50. The van der Waals surface area contributed by atoms with Crippen molar-refractivity contribution in [1.29, 1.82) is 0 Å². The zero-order chi connectivity index (χ0) is 16.4. The van der Waals surface area contributed by atoms with Crippen molar-refractivity contribution in [3.05, 3.63) is 23.0 Å². The average Bonchev–Trinajstić information content (AvgIpc) is 2.53. The van der Waals surface area contributed by atoms with Crippen LogP contribution in [0.4, 0.5) is 0 Å². The Bertz CT molecular complexity index is 362. The minimum Gasteiger partial charge on any atom is -0.403 e. The number of thiol groups is 1. The first-order chi connectivity index (χ1) is 10.1. The zero-order valence-corrected chi connectivity index (χ0v) is 15.7. The highest BCUT2D eigenvalue weighted by molar-refractivity contribution is 7.80. The minimum absolute atomic E-state index is 0.531. The SMILES string of the molecule is C=S.CCC1=C(CS)CC(C(/C(=C/N)NC)C(C)C)CC1. The molecule has 0 fully saturated rings. The van der Waals surface area contributed by atoms with E-state index < -0.39 is 0 Å². The molecule has 1 rings (SSSR count). The lowest BCUT2D eigenvalue weighted by molar-refractivity contribution is 0.259. The van der Waals surface area contributed by atoms with E-state index in [0.29, 0.717) is 17.8 Å². The molecule has 0 radical (unpaired) electrons. The van der Waals surface area contributed by atoms with E-state index in [0.717, 1.165) is 5.75 Å². The molecule has 0 aromatic heterocycles. The molecular formula is C17H32N2S2. The van der Waals surface area contributed by atoms with Crippen molar-refractivity contribution < 1.29 is 0 Å². The monoisotopic (exact) mass is 328 g/mol. The van der Waals surface area contributed by atoms with Gasteiger partial charge in [0.1, 0.15) is 0 Å². The molecule has 122 valence electrons. The molecule has 4 heteroatoms. The van der Waals surface area contributed by atoms with Gasteiger partial charge in [0.25, 0.3) is 0 Å². The van der Waals surface area contributed by atoms with Gasteiger partial charge in [0, 0.05) is 30.6 Å². The highest BCUT2D eigenvalue weighted by atomic mass is 32.1. The quantitative estimate of drug-likeness (QED) is 0.386. The van der Waals surface area contributed by atoms with Crippen LogP contribution in [0.1, 0.15) is 46.5 Å². The van der Waals surface area contributed by atoms with E-state index in [1.165, 1.54) is 31.4 Å². The number of hydrogen-bond donors (Lipinski definition) is 3. The van der Waals surface area contributed by atoms with Gasteiger partial charge in [-0.2, -0.15) is 12.6 Å². The predicted octanol–water partition coefficient (Wildman–Crippen LogP) is 4.33. The van der Waals surface area contributed by atoms with E-state index in [2.05, 4.69) is 56.8 Å². The van der Waals surface area contributed by atoms with E-state index >= 15 is 0 Å². The standard InChI is InChI=1S/C16H30N2S.CH2S/c1-5-12-6-7-13(8-14(12)10-19)16(11(2)3)15(9-17)18-4;1-2/h9,11,13,16,18-19H,5-8,10,17H2,1-4H3;1H2/b15-9-;. The molecule has 0 amide bonds. The van der Waals surface area contributed by atoms with Crippen molar-refractivity contribution in [1.82, 2.24) is 5.32 Å². The van der Waals surface area contributed by atoms with Crippen LogP contribution in [0.3, 0.4) is 0 Å². The van der Waals surface area contributed by atoms with Crippen molar-refractivity contribution in [2.24, 2.45) is 23.5 Å².